The minimum atomic E-state index is -3.52. The van der Waals surface area contributed by atoms with Crippen LogP contribution < -0.4 is 4.72 Å². The summed E-state index contributed by atoms with van der Waals surface area (Å²) in [7, 11) is -1.89. The summed E-state index contributed by atoms with van der Waals surface area (Å²) < 4.78 is 32.1. The Balaban J connectivity index is 2.11. The van der Waals surface area contributed by atoms with Crippen LogP contribution in [0.1, 0.15) is 24.0 Å². The van der Waals surface area contributed by atoms with E-state index in [0.29, 0.717) is 18.4 Å². The maximum atomic E-state index is 12.2. The van der Waals surface area contributed by atoms with Crippen LogP contribution in [-0.2, 0) is 21.4 Å². The number of hydrogen-bond donors (Lipinski definition) is 2. The lowest BCUT2D eigenvalue weighted by Gasteiger charge is -2.34. The highest BCUT2D eigenvalue weighted by Crippen LogP contribution is 2.25. The molecule has 1 aromatic carbocycles. The molecule has 0 atom stereocenters. The molecule has 19 heavy (non-hydrogen) atoms. The van der Waals surface area contributed by atoms with Crippen molar-refractivity contribution in [2.24, 2.45) is 0 Å². The van der Waals surface area contributed by atoms with Crippen LogP contribution in [0.25, 0.3) is 0 Å². The van der Waals surface area contributed by atoms with Gasteiger partial charge in [0.25, 0.3) is 0 Å². The van der Waals surface area contributed by atoms with Crippen LogP contribution in [0.5, 0.6) is 0 Å². The molecule has 1 fully saturated rings. The van der Waals surface area contributed by atoms with Crippen LogP contribution in [0, 0.1) is 6.92 Å². The number of rotatable bonds is 5. The summed E-state index contributed by atoms with van der Waals surface area (Å²) in [5.74, 6) is 0. The Bertz CT molecular complexity index is 550. The van der Waals surface area contributed by atoms with E-state index in [2.05, 4.69) is 4.72 Å². The molecule has 0 bridgehead atoms. The molecule has 1 aromatic rings. The molecule has 1 saturated carbocycles. The van der Waals surface area contributed by atoms with E-state index in [0.717, 1.165) is 5.56 Å². The average Bonchev–Trinajstić information content (AvgIpc) is 2.33. The molecule has 1 aliphatic rings. The lowest BCUT2D eigenvalue weighted by atomic mass is 9.90. The van der Waals surface area contributed by atoms with E-state index in [1.807, 2.05) is 6.92 Å². The van der Waals surface area contributed by atoms with Gasteiger partial charge in [0.05, 0.1) is 17.6 Å². The van der Waals surface area contributed by atoms with Gasteiger partial charge in [-0.25, -0.2) is 13.1 Å². The Hall–Kier alpha value is -0.950. The minimum absolute atomic E-state index is 0.0613. The average molecular weight is 285 g/mol. The SMILES string of the molecule is COC1CC(NS(=O)(=O)c2ccc(C)c(CO)c2)C1. The molecular formula is C13H19NO4S. The number of aliphatic hydroxyl groups excluding tert-OH is 1. The van der Waals surface area contributed by atoms with Gasteiger partial charge in [0.1, 0.15) is 0 Å². The molecule has 0 aromatic heterocycles. The van der Waals surface area contributed by atoms with Crippen molar-refractivity contribution < 1.29 is 18.3 Å². The summed E-state index contributed by atoms with van der Waals surface area (Å²) in [5, 5.41) is 9.18. The Labute approximate surface area is 113 Å². The molecule has 0 unspecified atom stereocenters. The lowest BCUT2D eigenvalue weighted by molar-refractivity contribution is 0.0236. The van der Waals surface area contributed by atoms with E-state index in [1.54, 1.807) is 19.2 Å². The van der Waals surface area contributed by atoms with Crippen LogP contribution in [0.4, 0.5) is 0 Å². The van der Waals surface area contributed by atoms with Crippen molar-refractivity contribution in [1.82, 2.24) is 4.72 Å². The normalized spacial score (nSPS) is 23.1. The second-order valence-corrected chi connectivity index (χ2v) is 6.61. The summed E-state index contributed by atoms with van der Waals surface area (Å²) in [5.41, 5.74) is 1.51. The molecule has 0 radical (unpaired) electrons. The standard InChI is InChI=1S/C13H19NO4S/c1-9-3-4-13(5-10(9)8-15)19(16,17)14-11-6-12(7-11)18-2/h3-5,11-12,14-15H,6-8H2,1-2H3. The molecule has 0 heterocycles. The zero-order valence-corrected chi connectivity index (χ0v) is 11.9. The molecule has 5 nitrogen and oxygen atoms in total. The number of aliphatic hydroxyl groups is 1. The smallest absolute Gasteiger partial charge is 0.240 e. The highest BCUT2D eigenvalue weighted by atomic mass is 32.2. The third-order valence-electron chi connectivity index (χ3n) is 3.55. The van der Waals surface area contributed by atoms with E-state index < -0.39 is 10.0 Å². The molecule has 0 aliphatic heterocycles. The maximum absolute atomic E-state index is 12.2. The monoisotopic (exact) mass is 285 g/mol. The topological polar surface area (TPSA) is 75.6 Å². The van der Waals surface area contributed by atoms with E-state index in [1.165, 1.54) is 6.07 Å². The number of sulfonamides is 1. The van der Waals surface area contributed by atoms with Crippen molar-refractivity contribution in [1.29, 1.82) is 0 Å². The predicted octanol–water partition coefficient (Wildman–Crippen LogP) is 0.943. The first kappa shape index (κ1) is 14.5. The molecule has 0 amide bonds. The van der Waals surface area contributed by atoms with Crippen LogP contribution in [0.15, 0.2) is 23.1 Å². The summed E-state index contributed by atoms with van der Waals surface area (Å²) in [4.78, 5) is 0.197. The van der Waals surface area contributed by atoms with Crippen molar-refractivity contribution >= 4 is 10.0 Å². The van der Waals surface area contributed by atoms with Gasteiger partial charge in [-0.3, -0.25) is 0 Å². The minimum Gasteiger partial charge on any atom is -0.392 e. The predicted molar refractivity (Wildman–Crippen MR) is 71.2 cm³/mol. The van der Waals surface area contributed by atoms with Gasteiger partial charge in [-0.15, -0.1) is 0 Å². The van der Waals surface area contributed by atoms with E-state index in [9.17, 15) is 13.5 Å². The maximum Gasteiger partial charge on any atom is 0.240 e. The molecule has 106 valence electrons. The largest absolute Gasteiger partial charge is 0.392 e. The third kappa shape index (κ3) is 3.14. The zero-order valence-electron chi connectivity index (χ0n) is 11.1. The van der Waals surface area contributed by atoms with Crippen molar-refractivity contribution in [3.05, 3.63) is 29.3 Å². The number of methoxy groups -OCH3 is 1. The second-order valence-electron chi connectivity index (χ2n) is 4.89. The Morgan fingerprint density at radius 3 is 2.68 bits per heavy atom. The van der Waals surface area contributed by atoms with Gasteiger partial charge >= 0.3 is 0 Å². The van der Waals surface area contributed by atoms with Gasteiger partial charge in [0.15, 0.2) is 0 Å². The van der Waals surface area contributed by atoms with Crippen molar-refractivity contribution in [3.8, 4) is 0 Å². The van der Waals surface area contributed by atoms with Gasteiger partial charge < -0.3 is 9.84 Å². The number of nitrogens with one attached hydrogen (secondary N) is 1. The van der Waals surface area contributed by atoms with Gasteiger partial charge in [-0.1, -0.05) is 6.07 Å². The first-order valence-corrected chi connectivity index (χ1v) is 7.70. The molecule has 2 N–H and O–H groups in total. The summed E-state index contributed by atoms with van der Waals surface area (Å²) >= 11 is 0. The number of ether oxygens (including phenoxy) is 1. The molecule has 6 heteroatoms. The summed E-state index contributed by atoms with van der Waals surface area (Å²) in [6.07, 6.45) is 1.56. The summed E-state index contributed by atoms with van der Waals surface area (Å²) in [6, 6.07) is 4.72. The number of benzene rings is 1. The molecule has 1 aliphatic carbocycles. The van der Waals surface area contributed by atoms with Crippen LogP contribution in [0.3, 0.4) is 0 Å². The fourth-order valence-electron chi connectivity index (χ4n) is 2.13. The number of aryl methyl sites for hydroxylation is 1. The van der Waals surface area contributed by atoms with E-state index in [-0.39, 0.29) is 23.6 Å². The zero-order chi connectivity index (χ0) is 14.0. The van der Waals surface area contributed by atoms with Crippen molar-refractivity contribution in [2.75, 3.05) is 7.11 Å². The second kappa shape index (κ2) is 5.58. The van der Waals surface area contributed by atoms with Gasteiger partial charge in [-0.05, 0) is 43.0 Å². The van der Waals surface area contributed by atoms with Gasteiger partial charge in [0, 0.05) is 13.2 Å². The Morgan fingerprint density at radius 1 is 1.42 bits per heavy atom. The van der Waals surface area contributed by atoms with Crippen LogP contribution in [0.2, 0.25) is 0 Å². The first-order chi connectivity index (χ1) is 8.96. The highest BCUT2D eigenvalue weighted by molar-refractivity contribution is 7.89. The van der Waals surface area contributed by atoms with E-state index in [4.69, 9.17) is 4.74 Å². The van der Waals surface area contributed by atoms with Gasteiger partial charge in [-0.2, -0.15) is 0 Å². The fraction of sp³-hybridized carbons (Fsp3) is 0.538. The molecule has 0 spiro atoms. The fourth-order valence-corrected chi connectivity index (χ4v) is 3.44. The van der Waals surface area contributed by atoms with E-state index >= 15 is 0 Å². The summed E-state index contributed by atoms with van der Waals surface area (Å²) in [6.45, 7) is 1.68. The third-order valence-corrected chi connectivity index (χ3v) is 5.07. The van der Waals surface area contributed by atoms with Gasteiger partial charge in [0.2, 0.25) is 10.0 Å². The van der Waals surface area contributed by atoms with Crippen LogP contribution >= 0.6 is 0 Å². The van der Waals surface area contributed by atoms with Crippen molar-refractivity contribution in [3.63, 3.8) is 0 Å². The quantitative estimate of drug-likeness (QED) is 0.844. The van der Waals surface area contributed by atoms with Crippen molar-refractivity contribution in [2.45, 2.75) is 43.4 Å². The Morgan fingerprint density at radius 2 is 2.11 bits per heavy atom. The lowest BCUT2D eigenvalue weighted by Crippen LogP contribution is -2.47. The highest BCUT2D eigenvalue weighted by Gasteiger charge is 2.32. The first-order valence-electron chi connectivity index (χ1n) is 6.22. The molecular weight excluding hydrogens is 266 g/mol. The van der Waals surface area contributed by atoms with Crippen LogP contribution in [-0.4, -0.2) is 32.8 Å². The number of hydrogen-bond acceptors (Lipinski definition) is 4. The Kier molecular flexibility index (Phi) is 4.25. The molecule has 0 saturated heterocycles. The molecule has 2 rings (SSSR count).